The number of hydrogen-bond acceptors (Lipinski definition) is 4. The molecule has 0 aromatic carbocycles. The van der Waals surface area contributed by atoms with Crippen LogP contribution in [0.5, 0.6) is 0 Å². The van der Waals surface area contributed by atoms with Gasteiger partial charge < -0.3 is 10.4 Å². The minimum Gasteiger partial charge on any atom is -0.390 e. The minimum absolute atomic E-state index is 0.0720. The molecule has 4 nitrogen and oxygen atoms in total. The lowest BCUT2D eigenvalue weighted by Gasteiger charge is -2.13. The maximum Gasteiger partial charge on any atom is 0.154 e. The van der Waals surface area contributed by atoms with Crippen LogP contribution in [0.4, 0.5) is 0 Å². The molecule has 0 amide bonds. The average Bonchev–Trinajstić information content (AvgIpc) is 2.63. The SMILES string of the molecule is O=S1(=O)CC(O)C(NC2CC2)C1. The third-order valence-corrected chi connectivity index (χ3v) is 4.07. The topological polar surface area (TPSA) is 66.4 Å². The Kier molecular flexibility index (Phi) is 1.89. The second kappa shape index (κ2) is 2.68. The molecule has 2 unspecified atom stereocenters. The summed E-state index contributed by atoms with van der Waals surface area (Å²) < 4.78 is 22.1. The normalized spacial score (nSPS) is 40.1. The molecule has 70 valence electrons. The number of nitrogens with one attached hydrogen (secondary N) is 1. The molecule has 2 atom stereocenters. The van der Waals surface area contributed by atoms with Crippen LogP contribution in [-0.2, 0) is 9.84 Å². The van der Waals surface area contributed by atoms with Crippen LogP contribution in [0.15, 0.2) is 0 Å². The van der Waals surface area contributed by atoms with Crippen molar-refractivity contribution in [2.24, 2.45) is 0 Å². The Labute approximate surface area is 71.9 Å². The lowest BCUT2D eigenvalue weighted by molar-refractivity contribution is 0.165. The van der Waals surface area contributed by atoms with Gasteiger partial charge in [-0.25, -0.2) is 8.42 Å². The van der Waals surface area contributed by atoms with Gasteiger partial charge in [0.1, 0.15) is 0 Å². The summed E-state index contributed by atoms with van der Waals surface area (Å²) in [6.45, 7) is 0. The third kappa shape index (κ3) is 1.78. The van der Waals surface area contributed by atoms with Crippen LogP contribution in [0.25, 0.3) is 0 Å². The Morgan fingerprint density at radius 2 is 1.92 bits per heavy atom. The molecule has 1 aliphatic carbocycles. The average molecular weight is 191 g/mol. The molecule has 0 aromatic heterocycles. The van der Waals surface area contributed by atoms with Crippen LogP contribution in [0.3, 0.4) is 0 Å². The Balaban J connectivity index is 1.98. The molecule has 0 spiro atoms. The highest BCUT2D eigenvalue weighted by atomic mass is 32.2. The molecule has 1 saturated carbocycles. The summed E-state index contributed by atoms with van der Waals surface area (Å²) in [5.74, 6) is 0.0298. The van der Waals surface area contributed by atoms with Crippen LogP contribution >= 0.6 is 0 Å². The molecule has 5 heteroatoms. The first-order valence-electron chi connectivity index (χ1n) is 4.21. The highest BCUT2D eigenvalue weighted by molar-refractivity contribution is 7.91. The van der Waals surface area contributed by atoms with Gasteiger partial charge in [0.05, 0.1) is 17.6 Å². The Morgan fingerprint density at radius 1 is 1.25 bits per heavy atom. The van der Waals surface area contributed by atoms with Gasteiger partial charge in [-0.05, 0) is 12.8 Å². The molecule has 2 N–H and O–H groups in total. The number of aliphatic hydroxyl groups excluding tert-OH is 1. The van der Waals surface area contributed by atoms with E-state index in [-0.39, 0.29) is 17.5 Å². The van der Waals surface area contributed by atoms with Crippen molar-refractivity contribution in [2.45, 2.75) is 31.0 Å². The lowest BCUT2D eigenvalue weighted by atomic mass is 10.2. The molecule has 2 rings (SSSR count). The lowest BCUT2D eigenvalue weighted by Crippen LogP contribution is -2.40. The summed E-state index contributed by atoms with van der Waals surface area (Å²) in [5.41, 5.74) is 0. The molecule has 2 fully saturated rings. The summed E-state index contributed by atoms with van der Waals surface area (Å²) in [6.07, 6.45) is 1.53. The monoisotopic (exact) mass is 191 g/mol. The highest BCUT2D eigenvalue weighted by Crippen LogP contribution is 2.22. The van der Waals surface area contributed by atoms with Gasteiger partial charge in [-0.15, -0.1) is 0 Å². The van der Waals surface area contributed by atoms with E-state index in [1.165, 1.54) is 0 Å². The van der Waals surface area contributed by atoms with Gasteiger partial charge in [0.25, 0.3) is 0 Å². The smallest absolute Gasteiger partial charge is 0.154 e. The standard InChI is InChI=1S/C7H13NO3S/c9-7-4-12(10,11)3-6(7)8-5-1-2-5/h5-9H,1-4H2. The van der Waals surface area contributed by atoms with E-state index in [4.69, 9.17) is 0 Å². The fraction of sp³-hybridized carbons (Fsp3) is 1.00. The van der Waals surface area contributed by atoms with Crippen molar-refractivity contribution < 1.29 is 13.5 Å². The molecule has 1 saturated heterocycles. The van der Waals surface area contributed by atoms with E-state index in [9.17, 15) is 13.5 Å². The zero-order chi connectivity index (χ0) is 8.77. The van der Waals surface area contributed by atoms with Crippen LogP contribution in [0.1, 0.15) is 12.8 Å². The molecule has 0 bridgehead atoms. The van der Waals surface area contributed by atoms with Crippen LogP contribution in [-0.4, -0.2) is 43.2 Å². The molecular weight excluding hydrogens is 178 g/mol. The number of rotatable bonds is 2. The molecule has 1 heterocycles. The number of sulfone groups is 1. The summed E-state index contributed by atoms with van der Waals surface area (Å²) in [6, 6.07) is 0.237. The van der Waals surface area contributed by atoms with Crippen LogP contribution in [0, 0.1) is 0 Å². The van der Waals surface area contributed by atoms with E-state index < -0.39 is 15.9 Å². The summed E-state index contributed by atoms with van der Waals surface area (Å²) in [4.78, 5) is 0. The zero-order valence-electron chi connectivity index (χ0n) is 6.73. The Bertz CT molecular complexity index is 270. The molecule has 1 aliphatic heterocycles. The summed E-state index contributed by atoms with van der Waals surface area (Å²) in [7, 11) is -2.98. The largest absolute Gasteiger partial charge is 0.390 e. The van der Waals surface area contributed by atoms with Crippen molar-refractivity contribution in [2.75, 3.05) is 11.5 Å². The first kappa shape index (κ1) is 8.47. The Hall–Kier alpha value is -0.130. The van der Waals surface area contributed by atoms with Crippen molar-refractivity contribution in [1.29, 1.82) is 0 Å². The molecule has 2 aliphatic rings. The maximum absolute atomic E-state index is 11.1. The number of aliphatic hydroxyl groups is 1. The third-order valence-electron chi connectivity index (χ3n) is 2.35. The molecule has 12 heavy (non-hydrogen) atoms. The second-order valence-electron chi connectivity index (χ2n) is 3.69. The van der Waals surface area contributed by atoms with Crippen LogP contribution < -0.4 is 5.32 Å². The van der Waals surface area contributed by atoms with Crippen molar-refractivity contribution in [1.82, 2.24) is 5.32 Å². The van der Waals surface area contributed by atoms with Gasteiger partial charge in [0, 0.05) is 12.1 Å². The van der Waals surface area contributed by atoms with Crippen molar-refractivity contribution >= 4 is 9.84 Å². The molecule has 0 aromatic rings. The van der Waals surface area contributed by atoms with E-state index in [1.54, 1.807) is 0 Å². The first-order chi connectivity index (χ1) is 5.57. The zero-order valence-corrected chi connectivity index (χ0v) is 7.55. The van der Waals surface area contributed by atoms with E-state index in [0.29, 0.717) is 6.04 Å². The van der Waals surface area contributed by atoms with Gasteiger partial charge in [-0.3, -0.25) is 0 Å². The van der Waals surface area contributed by atoms with Gasteiger partial charge in [-0.1, -0.05) is 0 Å². The molecular formula is C7H13NO3S. The highest BCUT2D eigenvalue weighted by Gasteiger charge is 2.38. The van der Waals surface area contributed by atoms with E-state index in [2.05, 4.69) is 5.32 Å². The van der Waals surface area contributed by atoms with Crippen molar-refractivity contribution in [3.8, 4) is 0 Å². The molecule has 0 radical (unpaired) electrons. The van der Waals surface area contributed by atoms with Crippen molar-refractivity contribution in [3.05, 3.63) is 0 Å². The van der Waals surface area contributed by atoms with E-state index in [0.717, 1.165) is 12.8 Å². The van der Waals surface area contributed by atoms with Gasteiger partial charge in [-0.2, -0.15) is 0 Å². The summed E-state index contributed by atoms with van der Waals surface area (Å²) >= 11 is 0. The van der Waals surface area contributed by atoms with E-state index >= 15 is 0 Å². The maximum atomic E-state index is 11.1. The second-order valence-corrected chi connectivity index (χ2v) is 5.85. The van der Waals surface area contributed by atoms with Crippen molar-refractivity contribution in [3.63, 3.8) is 0 Å². The minimum atomic E-state index is -2.98. The number of hydrogen-bond donors (Lipinski definition) is 2. The predicted octanol–water partition coefficient (Wildman–Crippen LogP) is -1.10. The quantitative estimate of drug-likeness (QED) is 0.581. The van der Waals surface area contributed by atoms with Gasteiger partial charge >= 0.3 is 0 Å². The fourth-order valence-corrected chi connectivity index (χ4v) is 3.30. The van der Waals surface area contributed by atoms with Gasteiger partial charge in [0.2, 0.25) is 0 Å². The van der Waals surface area contributed by atoms with Crippen LogP contribution in [0.2, 0.25) is 0 Å². The first-order valence-corrected chi connectivity index (χ1v) is 6.03. The van der Waals surface area contributed by atoms with E-state index in [1.807, 2.05) is 0 Å². The van der Waals surface area contributed by atoms with Gasteiger partial charge in [0.15, 0.2) is 9.84 Å². The summed E-state index contributed by atoms with van der Waals surface area (Å²) in [5, 5.41) is 12.5. The Morgan fingerprint density at radius 3 is 2.33 bits per heavy atom. The fourth-order valence-electron chi connectivity index (χ4n) is 1.54. The predicted molar refractivity (Wildman–Crippen MR) is 44.6 cm³/mol.